The Kier molecular flexibility index (Phi) is 4.71. The molecule has 0 saturated carbocycles. The Balaban J connectivity index is 1.73. The highest BCUT2D eigenvalue weighted by atomic mass is 19.1. The van der Waals surface area contributed by atoms with E-state index in [2.05, 4.69) is 12.1 Å². The lowest BCUT2D eigenvalue weighted by Gasteiger charge is -2.15. The first kappa shape index (κ1) is 15.9. The van der Waals surface area contributed by atoms with Crippen molar-refractivity contribution in [3.05, 3.63) is 89.8 Å². The highest BCUT2D eigenvalue weighted by Gasteiger charge is 2.06. The molecule has 3 heteroatoms. The number of likely N-dealkylation sites (N-methyl/N-ethyl adjacent to an activating group) is 1. The average molecular weight is 319 g/mol. The van der Waals surface area contributed by atoms with Crippen LogP contribution in [0.15, 0.2) is 72.8 Å². The third-order valence-electron chi connectivity index (χ3n) is 3.94. The monoisotopic (exact) mass is 319 g/mol. The maximum absolute atomic E-state index is 12.9. The first-order valence-corrected chi connectivity index (χ1v) is 7.79. The summed E-state index contributed by atoms with van der Waals surface area (Å²) in [6.45, 7) is 0.443. The van der Waals surface area contributed by atoms with E-state index in [1.165, 1.54) is 12.1 Å². The van der Waals surface area contributed by atoms with Crippen LogP contribution in [0.3, 0.4) is 0 Å². The molecule has 3 aromatic carbocycles. The summed E-state index contributed by atoms with van der Waals surface area (Å²) in [5, 5.41) is 2.26. The molecule has 0 unspecified atom stereocenters. The van der Waals surface area contributed by atoms with Gasteiger partial charge in [0.05, 0.1) is 0 Å². The minimum atomic E-state index is -0.274. The number of carbonyl (C=O) groups is 1. The van der Waals surface area contributed by atoms with Gasteiger partial charge in [-0.05, 0) is 40.1 Å². The number of fused-ring (bicyclic) bond motifs is 1. The lowest BCUT2D eigenvalue weighted by Crippen LogP contribution is -2.24. The Bertz CT molecular complexity index is 878. The van der Waals surface area contributed by atoms with Crippen molar-refractivity contribution in [1.82, 2.24) is 4.90 Å². The average Bonchev–Trinajstić information content (AvgIpc) is 2.61. The zero-order valence-electron chi connectivity index (χ0n) is 13.4. The van der Waals surface area contributed by atoms with E-state index in [1.54, 1.807) is 30.2 Å². The molecule has 0 radical (unpaired) electrons. The molecule has 0 N–H and O–H groups in total. The summed E-state index contributed by atoms with van der Waals surface area (Å²) in [6, 6.07) is 20.3. The van der Waals surface area contributed by atoms with Gasteiger partial charge in [-0.2, -0.15) is 0 Å². The second-order valence-corrected chi connectivity index (χ2v) is 5.72. The van der Waals surface area contributed by atoms with Crippen molar-refractivity contribution in [3.63, 3.8) is 0 Å². The van der Waals surface area contributed by atoms with Gasteiger partial charge in [0.15, 0.2) is 0 Å². The fraction of sp³-hybridized carbons (Fsp3) is 0.0952. The molecular formula is C21H18FNO. The van der Waals surface area contributed by atoms with Crippen molar-refractivity contribution in [2.24, 2.45) is 0 Å². The molecule has 24 heavy (non-hydrogen) atoms. The third kappa shape index (κ3) is 3.69. The molecule has 3 aromatic rings. The maximum atomic E-state index is 12.9. The quantitative estimate of drug-likeness (QED) is 0.641. The SMILES string of the molecule is CN(Cc1ccc(F)cc1)C(=O)/C=C/c1cccc2ccccc12. The number of rotatable bonds is 4. The van der Waals surface area contributed by atoms with Crippen molar-refractivity contribution in [2.45, 2.75) is 6.54 Å². The first-order chi connectivity index (χ1) is 11.6. The molecule has 0 aliphatic carbocycles. The van der Waals surface area contributed by atoms with Gasteiger partial charge in [0.25, 0.3) is 0 Å². The van der Waals surface area contributed by atoms with E-state index in [0.717, 1.165) is 21.9 Å². The number of amides is 1. The fourth-order valence-corrected chi connectivity index (χ4v) is 2.63. The summed E-state index contributed by atoms with van der Waals surface area (Å²) >= 11 is 0. The summed E-state index contributed by atoms with van der Waals surface area (Å²) in [4.78, 5) is 13.9. The van der Waals surface area contributed by atoms with Crippen LogP contribution in [0.4, 0.5) is 4.39 Å². The summed E-state index contributed by atoms with van der Waals surface area (Å²) in [5.74, 6) is -0.365. The van der Waals surface area contributed by atoms with Crippen LogP contribution in [0.25, 0.3) is 16.8 Å². The standard InChI is InChI=1S/C21H18FNO/c1-23(15-16-9-12-19(22)13-10-16)21(24)14-11-18-7-4-6-17-5-2-3-8-20(17)18/h2-14H,15H2,1H3/b14-11+. The van der Waals surface area contributed by atoms with Gasteiger partial charge in [0.1, 0.15) is 5.82 Å². The molecule has 0 aromatic heterocycles. The van der Waals surface area contributed by atoms with Gasteiger partial charge in [-0.25, -0.2) is 4.39 Å². The Hall–Kier alpha value is -2.94. The van der Waals surface area contributed by atoms with Crippen LogP contribution < -0.4 is 0 Å². The first-order valence-electron chi connectivity index (χ1n) is 7.79. The molecule has 1 amide bonds. The van der Waals surface area contributed by atoms with E-state index >= 15 is 0 Å². The predicted octanol–water partition coefficient (Wildman–Crippen LogP) is 4.65. The number of benzene rings is 3. The molecule has 0 atom stereocenters. The van der Waals surface area contributed by atoms with Crippen LogP contribution in [0.1, 0.15) is 11.1 Å². The van der Waals surface area contributed by atoms with Gasteiger partial charge in [0, 0.05) is 19.7 Å². The van der Waals surface area contributed by atoms with Crippen LogP contribution >= 0.6 is 0 Å². The third-order valence-corrected chi connectivity index (χ3v) is 3.94. The number of nitrogens with zero attached hydrogens (tertiary/aromatic N) is 1. The topological polar surface area (TPSA) is 20.3 Å². The molecule has 2 nitrogen and oxygen atoms in total. The molecule has 0 saturated heterocycles. The zero-order valence-corrected chi connectivity index (χ0v) is 13.4. The highest BCUT2D eigenvalue weighted by molar-refractivity contribution is 5.96. The van der Waals surface area contributed by atoms with E-state index in [0.29, 0.717) is 6.54 Å². The second kappa shape index (κ2) is 7.09. The molecular weight excluding hydrogens is 301 g/mol. The lowest BCUT2D eigenvalue weighted by atomic mass is 10.0. The Morgan fingerprint density at radius 1 is 1.00 bits per heavy atom. The van der Waals surface area contributed by atoms with E-state index in [-0.39, 0.29) is 11.7 Å². The molecule has 0 aliphatic heterocycles. The zero-order chi connectivity index (χ0) is 16.9. The Morgan fingerprint density at radius 3 is 2.50 bits per heavy atom. The second-order valence-electron chi connectivity index (χ2n) is 5.72. The number of hydrogen-bond donors (Lipinski definition) is 0. The lowest BCUT2D eigenvalue weighted by molar-refractivity contribution is -0.125. The van der Waals surface area contributed by atoms with Crippen molar-refractivity contribution in [3.8, 4) is 0 Å². The van der Waals surface area contributed by atoms with E-state index in [9.17, 15) is 9.18 Å². The summed E-state index contributed by atoms with van der Waals surface area (Å²) in [6.07, 6.45) is 3.41. The molecule has 0 heterocycles. The van der Waals surface area contributed by atoms with Gasteiger partial charge in [0.2, 0.25) is 5.91 Å². The summed E-state index contributed by atoms with van der Waals surface area (Å²) in [5.41, 5.74) is 1.91. The van der Waals surface area contributed by atoms with E-state index in [4.69, 9.17) is 0 Å². The van der Waals surface area contributed by atoms with Crippen LogP contribution in [-0.2, 0) is 11.3 Å². The normalized spacial score (nSPS) is 11.1. The van der Waals surface area contributed by atoms with E-state index < -0.39 is 0 Å². The summed E-state index contributed by atoms with van der Waals surface area (Å²) < 4.78 is 12.9. The van der Waals surface area contributed by atoms with Crippen LogP contribution in [-0.4, -0.2) is 17.9 Å². The van der Waals surface area contributed by atoms with Crippen molar-refractivity contribution in [2.75, 3.05) is 7.05 Å². The van der Waals surface area contributed by atoms with Gasteiger partial charge in [-0.3, -0.25) is 4.79 Å². The largest absolute Gasteiger partial charge is 0.338 e. The summed E-state index contributed by atoms with van der Waals surface area (Å²) in [7, 11) is 1.74. The number of halogens is 1. The van der Waals surface area contributed by atoms with Gasteiger partial charge < -0.3 is 4.90 Å². The minimum absolute atomic E-state index is 0.0905. The Labute approximate surface area is 140 Å². The molecule has 120 valence electrons. The van der Waals surface area contributed by atoms with Crippen molar-refractivity contribution < 1.29 is 9.18 Å². The number of hydrogen-bond acceptors (Lipinski definition) is 1. The van der Waals surface area contributed by atoms with Gasteiger partial charge in [-0.15, -0.1) is 0 Å². The van der Waals surface area contributed by atoms with Crippen molar-refractivity contribution >= 4 is 22.8 Å². The highest BCUT2D eigenvalue weighted by Crippen LogP contribution is 2.19. The minimum Gasteiger partial charge on any atom is -0.338 e. The van der Waals surface area contributed by atoms with E-state index in [1.807, 2.05) is 36.4 Å². The van der Waals surface area contributed by atoms with Crippen LogP contribution in [0, 0.1) is 5.82 Å². The Morgan fingerprint density at radius 2 is 1.71 bits per heavy atom. The fourth-order valence-electron chi connectivity index (χ4n) is 2.63. The molecule has 0 aliphatic rings. The molecule has 0 spiro atoms. The van der Waals surface area contributed by atoms with Crippen molar-refractivity contribution in [1.29, 1.82) is 0 Å². The van der Waals surface area contributed by atoms with Gasteiger partial charge in [-0.1, -0.05) is 54.6 Å². The molecule has 0 bridgehead atoms. The molecule has 3 rings (SSSR count). The van der Waals surface area contributed by atoms with Gasteiger partial charge >= 0.3 is 0 Å². The van der Waals surface area contributed by atoms with Crippen LogP contribution in [0.2, 0.25) is 0 Å². The smallest absolute Gasteiger partial charge is 0.246 e. The molecule has 0 fully saturated rings. The van der Waals surface area contributed by atoms with Crippen LogP contribution in [0.5, 0.6) is 0 Å². The number of carbonyl (C=O) groups excluding carboxylic acids is 1. The predicted molar refractivity (Wildman–Crippen MR) is 95.9 cm³/mol. The maximum Gasteiger partial charge on any atom is 0.246 e.